The number of amides is 1. The minimum Gasteiger partial charge on any atom is -0.484 e. The Bertz CT molecular complexity index is 1060. The Hall–Kier alpha value is -3.33. The third kappa shape index (κ3) is 5.38. The van der Waals surface area contributed by atoms with E-state index in [9.17, 15) is 14.9 Å². The van der Waals surface area contributed by atoms with E-state index >= 15 is 0 Å². The first-order valence-corrected chi connectivity index (χ1v) is 9.66. The van der Waals surface area contributed by atoms with Crippen molar-refractivity contribution in [2.24, 2.45) is 0 Å². The summed E-state index contributed by atoms with van der Waals surface area (Å²) in [5.41, 5.74) is 1.92. The number of nitrogens with zero attached hydrogens (tertiary/aromatic N) is 3. The summed E-state index contributed by atoms with van der Waals surface area (Å²) in [5.74, 6) is 0.385. The van der Waals surface area contributed by atoms with Crippen molar-refractivity contribution in [1.82, 2.24) is 15.1 Å². The molecule has 1 N–H and O–H groups in total. The summed E-state index contributed by atoms with van der Waals surface area (Å²) in [6.07, 6.45) is 0.732. The van der Waals surface area contributed by atoms with Crippen molar-refractivity contribution >= 4 is 23.2 Å². The van der Waals surface area contributed by atoms with Crippen LogP contribution in [0.4, 0.5) is 5.69 Å². The quantitative estimate of drug-likeness (QED) is 0.310. The van der Waals surface area contributed by atoms with Crippen LogP contribution in [0.5, 0.6) is 5.75 Å². The first-order chi connectivity index (χ1) is 14.3. The van der Waals surface area contributed by atoms with E-state index in [-0.39, 0.29) is 34.7 Å². The van der Waals surface area contributed by atoms with E-state index in [1.807, 2.05) is 24.6 Å². The van der Waals surface area contributed by atoms with Crippen molar-refractivity contribution in [2.75, 3.05) is 6.54 Å². The lowest BCUT2D eigenvalue weighted by Crippen LogP contribution is -2.25. The van der Waals surface area contributed by atoms with Gasteiger partial charge < -0.3 is 14.5 Å². The van der Waals surface area contributed by atoms with Gasteiger partial charge in [-0.3, -0.25) is 19.6 Å². The van der Waals surface area contributed by atoms with E-state index in [1.54, 1.807) is 12.1 Å². The second kappa shape index (κ2) is 9.45. The number of hydrogen-bond donors (Lipinski definition) is 1. The molecule has 0 aliphatic carbocycles. The summed E-state index contributed by atoms with van der Waals surface area (Å²) in [5, 5.41) is 18.3. The van der Waals surface area contributed by atoms with Gasteiger partial charge in [-0.15, -0.1) is 0 Å². The topological polar surface area (TPSA) is 112 Å². The van der Waals surface area contributed by atoms with E-state index < -0.39 is 4.92 Å². The van der Waals surface area contributed by atoms with E-state index in [4.69, 9.17) is 20.8 Å². The normalized spacial score (nSPS) is 10.8. The largest absolute Gasteiger partial charge is 0.484 e. The van der Waals surface area contributed by atoms with E-state index in [2.05, 4.69) is 10.4 Å². The van der Waals surface area contributed by atoms with Gasteiger partial charge in [-0.2, -0.15) is 5.10 Å². The second-order valence-electron chi connectivity index (χ2n) is 6.69. The minimum absolute atomic E-state index is 0.0217. The zero-order valence-corrected chi connectivity index (χ0v) is 17.3. The van der Waals surface area contributed by atoms with Gasteiger partial charge in [-0.1, -0.05) is 11.6 Å². The highest BCUT2D eigenvalue weighted by molar-refractivity contribution is 6.32. The molecular formula is C20H21ClN4O5. The molecule has 158 valence electrons. The molecule has 1 aromatic carbocycles. The van der Waals surface area contributed by atoms with Crippen LogP contribution in [0.15, 0.2) is 40.8 Å². The Morgan fingerprint density at radius 1 is 1.30 bits per heavy atom. The number of rotatable bonds is 9. The van der Waals surface area contributed by atoms with Crippen molar-refractivity contribution in [3.8, 4) is 5.75 Å². The van der Waals surface area contributed by atoms with E-state index in [0.29, 0.717) is 18.8 Å². The second-order valence-corrected chi connectivity index (χ2v) is 7.09. The van der Waals surface area contributed by atoms with E-state index in [1.165, 1.54) is 18.2 Å². The predicted molar refractivity (Wildman–Crippen MR) is 110 cm³/mol. The van der Waals surface area contributed by atoms with Gasteiger partial charge in [-0.05, 0) is 44.5 Å². The Morgan fingerprint density at radius 3 is 2.80 bits per heavy atom. The van der Waals surface area contributed by atoms with Gasteiger partial charge >= 0.3 is 0 Å². The third-order valence-corrected chi connectivity index (χ3v) is 4.63. The number of carbonyl (C=O) groups is 1. The highest BCUT2D eigenvalue weighted by atomic mass is 35.5. The number of halogens is 1. The highest BCUT2D eigenvalue weighted by Crippen LogP contribution is 2.29. The number of benzene rings is 1. The molecule has 0 unspecified atom stereocenters. The van der Waals surface area contributed by atoms with Gasteiger partial charge in [0, 0.05) is 24.8 Å². The number of carbonyl (C=O) groups excluding carboxylic acids is 1. The molecule has 0 fully saturated rings. The van der Waals surface area contributed by atoms with Crippen LogP contribution in [0.1, 0.15) is 34.1 Å². The molecule has 0 saturated carbocycles. The Kier molecular flexibility index (Phi) is 6.73. The Balaban J connectivity index is 1.48. The number of nitro benzene ring substituents is 1. The van der Waals surface area contributed by atoms with Crippen LogP contribution >= 0.6 is 11.6 Å². The molecule has 2 heterocycles. The van der Waals surface area contributed by atoms with Gasteiger partial charge in [0.15, 0.2) is 5.76 Å². The average Bonchev–Trinajstić information content (AvgIpc) is 3.30. The van der Waals surface area contributed by atoms with Crippen molar-refractivity contribution in [1.29, 1.82) is 0 Å². The van der Waals surface area contributed by atoms with Gasteiger partial charge in [0.05, 0.1) is 21.7 Å². The van der Waals surface area contributed by atoms with Gasteiger partial charge in [0.1, 0.15) is 18.1 Å². The number of aryl methyl sites for hydroxylation is 3. The summed E-state index contributed by atoms with van der Waals surface area (Å²) in [6, 6.07) is 9.08. The molecule has 0 bridgehead atoms. The number of aromatic nitrogens is 2. The molecule has 30 heavy (non-hydrogen) atoms. The van der Waals surface area contributed by atoms with Crippen molar-refractivity contribution in [3.05, 3.63) is 74.4 Å². The lowest BCUT2D eigenvalue weighted by molar-refractivity contribution is -0.384. The summed E-state index contributed by atoms with van der Waals surface area (Å²) in [6.45, 7) is 5.10. The number of non-ortho nitro benzene ring substituents is 1. The van der Waals surface area contributed by atoms with Crippen molar-refractivity contribution in [3.63, 3.8) is 0 Å². The lowest BCUT2D eigenvalue weighted by atomic mass is 10.3. The van der Waals surface area contributed by atoms with Crippen LogP contribution < -0.4 is 10.1 Å². The molecule has 10 heteroatoms. The number of hydrogen-bond acceptors (Lipinski definition) is 6. The smallest absolute Gasteiger partial charge is 0.286 e. The molecule has 0 aliphatic heterocycles. The average molecular weight is 433 g/mol. The maximum absolute atomic E-state index is 12.2. The summed E-state index contributed by atoms with van der Waals surface area (Å²) in [7, 11) is 0. The molecule has 3 aromatic rings. The van der Waals surface area contributed by atoms with Crippen molar-refractivity contribution < 1.29 is 18.9 Å². The standard InChI is InChI=1S/C20H21ClN4O5/c1-13-10-14(2)24(23-13)9-3-8-22-20(26)18-7-5-16(30-18)12-29-19-11-15(25(27)28)4-6-17(19)21/h4-7,10-11H,3,8-9,12H2,1-2H3,(H,22,26). The van der Waals surface area contributed by atoms with Gasteiger partial charge in [-0.25, -0.2) is 0 Å². The fourth-order valence-corrected chi connectivity index (χ4v) is 3.03. The van der Waals surface area contributed by atoms with E-state index in [0.717, 1.165) is 17.8 Å². The number of ether oxygens (including phenoxy) is 1. The fourth-order valence-electron chi connectivity index (χ4n) is 2.86. The molecule has 0 radical (unpaired) electrons. The summed E-state index contributed by atoms with van der Waals surface area (Å²) >= 11 is 6.00. The lowest BCUT2D eigenvalue weighted by Gasteiger charge is -2.07. The van der Waals surface area contributed by atoms with Crippen LogP contribution in [-0.2, 0) is 13.2 Å². The number of furan rings is 1. The van der Waals surface area contributed by atoms with Gasteiger partial charge in [0.25, 0.3) is 11.6 Å². The molecule has 3 rings (SSSR count). The number of nitrogens with one attached hydrogen (secondary N) is 1. The maximum Gasteiger partial charge on any atom is 0.286 e. The zero-order chi connectivity index (χ0) is 21.7. The van der Waals surface area contributed by atoms with Gasteiger partial charge in [0.2, 0.25) is 0 Å². The van der Waals surface area contributed by atoms with Crippen LogP contribution in [0.25, 0.3) is 0 Å². The monoisotopic (exact) mass is 432 g/mol. The van der Waals surface area contributed by atoms with Crippen molar-refractivity contribution in [2.45, 2.75) is 33.4 Å². The molecule has 9 nitrogen and oxygen atoms in total. The van der Waals surface area contributed by atoms with Crippen LogP contribution in [0, 0.1) is 24.0 Å². The fraction of sp³-hybridized carbons (Fsp3) is 0.300. The molecule has 0 saturated heterocycles. The molecule has 0 aliphatic rings. The first kappa shape index (κ1) is 21.4. The van der Waals surface area contributed by atoms with Crippen LogP contribution in [-0.4, -0.2) is 27.2 Å². The molecular weight excluding hydrogens is 412 g/mol. The zero-order valence-electron chi connectivity index (χ0n) is 16.6. The van der Waals surface area contributed by atoms with Crippen LogP contribution in [0.2, 0.25) is 5.02 Å². The molecule has 0 spiro atoms. The molecule has 1 amide bonds. The highest BCUT2D eigenvalue weighted by Gasteiger charge is 2.14. The predicted octanol–water partition coefficient (Wildman–Crippen LogP) is 4.05. The Morgan fingerprint density at radius 2 is 2.10 bits per heavy atom. The number of nitro groups is 1. The third-order valence-electron chi connectivity index (χ3n) is 4.32. The first-order valence-electron chi connectivity index (χ1n) is 9.28. The maximum atomic E-state index is 12.2. The van der Waals surface area contributed by atoms with Crippen LogP contribution in [0.3, 0.4) is 0 Å². The molecule has 0 atom stereocenters. The summed E-state index contributed by atoms with van der Waals surface area (Å²) in [4.78, 5) is 22.6. The summed E-state index contributed by atoms with van der Waals surface area (Å²) < 4.78 is 12.9. The minimum atomic E-state index is -0.534. The SMILES string of the molecule is Cc1cc(C)n(CCCNC(=O)c2ccc(COc3cc([N+](=O)[O-])ccc3Cl)o2)n1. The molecule has 2 aromatic heterocycles. The Labute approximate surface area is 177 Å².